The van der Waals surface area contributed by atoms with E-state index in [1.54, 1.807) is 28.6 Å². The number of rotatable bonds is 3. The van der Waals surface area contributed by atoms with Gasteiger partial charge in [-0.1, -0.05) is 6.42 Å². The van der Waals surface area contributed by atoms with Crippen LogP contribution in [0.1, 0.15) is 19.3 Å². The van der Waals surface area contributed by atoms with E-state index < -0.39 is 10.0 Å². The first-order valence-corrected chi connectivity index (χ1v) is 8.67. The summed E-state index contributed by atoms with van der Waals surface area (Å²) in [5.74, 6) is 0.599. The maximum Gasteiger partial charge on any atom is 0.243 e. The molecule has 0 atom stereocenters. The van der Waals surface area contributed by atoms with Crippen molar-refractivity contribution in [3.63, 3.8) is 0 Å². The molecular weight excluding hydrogens is 308 g/mol. The summed E-state index contributed by atoms with van der Waals surface area (Å²) < 4.78 is 27.0. The number of piperidine rings is 1. The van der Waals surface area contributed by atoms with Gasteiger partial charge in [0.2, 0.25) is 14.8 Å². The Labute approximate surface area is 128 Å². The Morgan fingerprint density at radius 2 is 1.71 bits per heavy atom. The Balaban J connectivity index is 1.88. The minimum absolute atomic E-state index is 0.322. The number of aromatic amines is 2. The third-order valence-electron chi connectivity index (χ3n) is 3.58. The maximum absolute atomic E-state index is 12.5. The number of benzene rings is 1. The summed E-state index contributed by atoms with van der Waals surface area (Å²) in [5.41, 5.74) is 0.792. The second-order valence-electron chi connectivity index (χ2n) is 5.00. The van der Waals surface area contributed by atoms with Gasteiger partial charge < -0.3 is 0 Å². The predicted molar refractivity (Wildman–Crippen MR) is 81.8 cm³/mol. The molecule has 21 heavy (non-hydrogen) atoms. The Morgan fingerprint density at radius 3 is 2.29 bits per heavy atom. The van der Waals surface area contributed by atoms with E-state index in [0.717, 1.165) is 24.8 Å². The summed E-state index contributed by atoms with van der Waals surface area (Å²) in [4.78, 5) is 4.43. The number of hydrogen-bond acceptors (Lipinski definition) is 4. The van der Waals surface area contributed by atoms with E-state index in [1.807, 2.05) is 0 Å². The lowest BCUT2D eigenvalue weighted by molar-refractivity contribution is 0.346. The van der Waals surface area contributed by atoms with E-state index in [0.29, 0.717) is 28.6 Å². The van der Waals surface area contributed by atoms with E-state index in [2.05, 4.69) is 15.2 Å². The molecule has 0 radical (unpaired) electrons. The van der Waals surface area contributed by atoms with Crippen LogP contribution in [0, 0.1) is 4.77 Å². The molecule has 2 heterocycles. The largest absolute Gasteiger partial charge is 0.282 e. The average Bonchev–Trinajstić information content (AvgIpc) is 2.95. The molecule has 0 bridgehead atoms. The van der Waals surface area contributed by atoms with Crippen LogP contribution in [0.5, 0.6) is 0 Å². The van der Waals surface area contributed by atoms with Crippen LogP contribution in [0.2, 0.25) is 0 Å². The molecular formula is C13H16N4O2S2. The molecule has 0 saturated carbocycles. The lowest BCUT2D eigenvalue weighted by Gasteiger charge is -2.25. The maximum atomic E-state index is 12.5. The molecule has 1 fully saturated rings. The Morgan fingerprint density at radius 1 is 1.05 bits per heavy atom. The van der Waals surface area contributed by atoms with Gasteiger partial charge in [0.15, 0.2) is 5.82 Å². The summed E-state index contributed by atoms with van der Waals surface area (Å²) >= 11 is 4.90. The van der Waals surface area contributed by atoms with Crippen molar-refractivity contribution in [2.45, 2.75) is 24.2 Å². The first-order chi connectivity index (χ1) is 10.1. The number of H-pyrrole nitrogens is 2. The highest BCUT2D eigenvalue weighted by molar-refractivity contribution is 7.89. The van der Waals surface area contributed by atoms with Gasteiger partial charge in [0, 0.05) is 18.7 Å². The third-order valence-corrected chi connectivity index (χ3v) is 5.69. The molecule has 1 aliphatic rings. The number of hydrogen-bond donors (Lipinski definition) is 2. The Hall–Kier alpha value is -1.51. The van der Waals surface area contributed by atoms with Crippen LogP contribution in [0.3, 0.4) is 0 Å². The van der Waals surface area contributed by atoms with Crippen molar-refractivity contribution in [2.75, 3.05) is 13.1 Å². The van der Waals surface area contributed by atoms with Gasteiger partial charge in [-0.25, -0.2) is 8.42 Å². The molecule has 0 aliphatic carbocycles. The SMILES string of the molecule is O=S(=O)(c1ccc(-c2nc(=S)[nH][nH]2)cc1)N1CCCCC1. The van der Waals surface area contributed by atoms with Gasteiger partial charge in [-0.3, -0.25) is 10.2 Å². The van der Waals surface area contributed by atoms with E-state index in [1.165, 1.54) is 0 Å². The summed E-state index contributed by atoms with van der Waals surface area (Å²) in [6.45, 7) is 1.22. The predicted octanol–water partition coefficient (Wildman–Crippen LogP) is 2.31. The van der Waals surface area contributed by atoms with E-state index in [9.17, 15) is 8.42 Å². The Bertz CT molecular complexity index is 771. The molecule has 1 aromatic carbocycles. The van der Waals surface area contributed by atoms with E-state index in [4.69, 9.17) is 12.2 Å². The zero-order chi connectivity index (χ0) is 14.9. The molecule has 1 saturated heterocycles. The first-order valence-electron chi connectivity index (χ1n) is 6.83. The Kier molecular flexibility index (Phi) is 3.92. The molecule has 112 valence electrons. The van der Waals surface area contributed by atoms with Crippen LogP contribution < -0.4 is 0 Å². The summed E-state index contributed by atoms with van der Waals surface area (Å²) in [6, 6.07) is 6.70. The van der Waals surface area contributed by atoms with Crippen molar-refractivity contribution in [2.24, 2.45) is 0 Å². The van der Waals surface area contributed by atoms with Gasteiger partial charge in [-0.05, 0) is 49.3 Å². The van der Waals surface area contributed by atoms with Gasteiger partial charge >= 0.3 is 0 Å². The minimum atomic E-state index is -3.38. The van der Waals surface area contributed by atoms with Gasteiger partial charge in [0.1, 0.15) is 0 Å². The van der Waals surface area contributed by atoms with Crippen molar-refractivity contribution in [1.29, 1.82) is 0 Å². The van der Waals surface area contributed by atoms with Gasteiger partial charge in [-0.2, -0.15) is 9.29 Å². The fourth-order valence-corrected chi connectivity index (χ4v) is 4.11. The second-order valence-corrected chi connectivity index (χ2v) is 7.33. The van der Waals surface area contributed by atoms with Crippen molar-refractivity contribution < 1.29 is 8.42 Å². The van der Waals surface area contributed by atoms with Crippen LogP contribution >= 0.6 is 12.2 Å². The molecule has 2 N–H and O–H groups in total. The quantitative estimate of drug-likeness (QED) is 0.849. The highest BCUT2D eigenvalue weighted by atomic mass is 32.2. The summed E-state index contributed by atoms with van der Waals surface area (Å²) in [5, 5.41) is 5.56. The lowest BCUT2D eigenvalue weighted by Crippen LogP contribution is -2.35. The van der Waals surface area contributed by atoms with Crippen molar-refractivity contribution in [3.8, 4) is 11.4 Å². The van der Waals surface area contributed by atoms with Crippen molar-refractivity contribution in [3.05, 3.63) is 29.0 Å². The van der Waals surface area contributed by atoms with Crippen LogP contribution in [-0.2, 0) is 10.0 Å². The van der Waals surface area contributed by atoms with E-state index in [-0.39, 0.29) is 0 Å². The number of nitrogens with zero attached hydrogens (tertiary/aromatic N) is 2. The monoisotopic (exact) mass is 324 g/mol. The van der Waals surface area contributed by atoms with E-state index >= 15 is 0 Å². The third kappa shape index (κ3) is 2.92. The molecule has 0 amide bonds. The van der Waals surface area contributed by atoms with Crippen molar-refractivity contribution in [1.82, 2.24) is 19.5 Å². The first kappa shape index (κ1) is 14.4. The van der Waals surface area contributed by atoms with Crippen LogP contribution in [0.25, 0.3) is 11.4 Å². The smallest absolute Gasteiger partial charge is 0.243 e. The minimum Gasteiger partial charge on any atom is -0.282 e. The number of sulfonamides is 1. The summed E-state index contributed by atoms with van der Waals surface area (Å²) in [7, 11) is -3.38. The van der Waals surface area contributed by atoms with Gasteiger partial charge in [0.05, 0.1) is 4.90 Å². The van der Waals surface area contributed by atoms with Crippen LogP contribution in [0.15, 0.2) is 29.2 Å². The molecule has 6 nitrogen and oxygen atoms in total. The highest BCUT2D eigenvalue weighted by Gasteiger charge is 2.25. The molecule has 0 unspecified atom stereocenters. The normalized spacial score (nSPS) is 17.0. The number of nitrogens with one attached hydrogen (secondary N) is 2. The lowest BCUT2D eigenvalue weighted by atomic mass is 10.2. The fraction of sp³-hybridized carbons (Fsp3) is 0.385. The zero-order valence-corrected chi connectivity index (χ0v) is 13.0. The van der Waals surface area contributed by atoms with Gasteiger partial charge in [0.25, 0.3) is 0 Å². The zero-order valence-electron chi connectivity index (χ0n) is 11.4. The van der Waals surface area contributed by atoms with Gasteiger partial charge in [-0.15, -0.1) is 0 Å². The highest BCUT2D eigenvalue weighted by Crippen LogP contribution is 2.23. The van der Waals surface area contributed by atoms with Crippen LogP contribution in [-0.4, -0.2) is 41.0 Å². The molecule has 8 heteroatoms. The number of aromatic nitrogens is 3. The molecule has 2 aromatic rings. The topological polar surface area (TPSA) is 81.8 Å². The second kappa shape index (κ2) is 5.70. The summed E-state index contributed by atoms with van der Waals surface area (Å²) in [6.07, 6.45) is 2.96. The molecule has 1 aliphatic heterocycles. The molecule has 3 rings (SSSR count). The molecule has 0 spiro atoms. The standard InChI is InChI=1S/C13H16N4O2S2/c18-21(19,17-8-2-1-3-9-17)11-6-4-10(5-7-11)12-14-13(20)16-15-12/h4-7H,1-3,8-9H2,(H2,14,15,16,20). The fourth-order valence-electron chi connectivity index (χ4n) is 2.45. The van der Waals surface area contributed by atoms with Crippen LogP contribution in [0.4, 0.5) is 0 Å². The average molecular weight is 324 g/mol. The molecule has 1 aromatic heterocycles. The van der Waals surface area contributed by atoms with Crippen molar-refractivity contribution >= 4 is 22.2 Å².